The molecule has 23 heavy (non-hydrogen) atoms. The molecule has 0 aliphatic carbocycles. The number of carbonyl (C=O) groups excluding carboxylic acids is 1. The Morgan fingerprint density at radius 3 is 2.78 bits per heavy atom. The minimum atomic E-state index is -3.69. The molecule has 2 heterocycles. The van der Waals surface area contributed by atoms with Gasteiger partial charge in [0.1, 0.15) is 10.6 Å². The van der Waals surface area contributed by atoms with Crippen LogP contribution in [0.1, 0.15) is 37.1 Å². The van der Waals surface area contributed by atoms with E-state index in [0.717, 1.165) is 12.8 Å². The number of amides is 1. The molecule has 0 saturated carbocycles. The zero-order valence-electron chi connectivity index (χ0n) is 13.5. The Morgan fingerprint density at radius 1 is 1.43 bits per heavy atom. The molecule has 1 aliphatic rings. The molecule has 0 bridgehead atoms. The first-order valence-corrected chi connectivity index (χ1v) is 9.23. The minimum absolute atomic E-state index is 0.137. The average Bonchev–Trinajstić information content (AvgIpc) is 2.85. The summed E-state index contributed by atoms with van der Waals surface area (Å²) in [6, 6.07) is -0.260. The number of rotatable bonds is 6. The van der Waals surface area contributed by atoms with Gasteiger partial charge in [0, 0.05) is 32.1 Å². The average molecular weight is 344 g/mol. The van der Waals surface area contributed by atoms with E-state index in [1.165, 1.54) is 4.31 Å². The van der Waals surface area contributed by atoms with Crippen LogP contribution in [-0.2, 0) is 14.8 Å². The van der Waals surface area contributed by atoms with Crippen LogP contribution in [0, 0.1) is 13.8 Å². The van der Waals surface area contributed by atoms with Gasteiger partial charge >= 0.3 is 0 Å². The van der Waals surface area contributed by atoms with E-state index in [1.54, 1.807) is 13.8 Å². The number of sulfonamides is 1. The summed E-state index contributed by atoms with van der Waals surface area (Å²) in [5, 5.41) is 6.50. The summed E-state index contributed by atoms with van der Waals surface area (Å²) >= 11 is 0. The Bertz CT molecular complexity index is 636. The highest BCUT2D eigenvalue weighted by atomic mass is 32.2. The molecule has 1 unspecified atom stereocenters. The molecular formula is C14H24N4O4S. The molecular weight excluding hydrogens is 320 g/mol. The van der Waals surface area contributed by atoms with Crippen LogP contribution in [0.25, 0.3) is 0 Å². The molecule has 1 aliphatic heterocycles. The van der Waals surface area contributed by atoms with Crippen molar-refractivity contribution in [2.24, 2.45) is 5.73 Å². The Hall–Kier alpha value is -1.45. The molecule has 0 aromatic carbocycles. The summed E-state index contributed by atoms with van der Waals surface area (Å²) in [7, 11) is -3.69. The van der Waals surface area contributed by atoms with Gasteiger partial charge in [-0.15, -0.1) is 0 Å². The van der Waals surface area contributed by atoms with E-state index < -0.39 is 10.0 Å². The molecule has 1 saturated heterocycles. The molecule has 8 nitrogen and oxygen atoms in total. The molecule has 1 atom stereocenters. The third-order valence-electron chi connectivity index (χ3n) is 4.01. The van der Waals surface area contributed by atoms with E-state index in [2.05, 4.69) is 10.5 Å². The predicted octanol–water partition coefficient (Wildman–Crippen LogP) is 0.300. The van der Waals surface area contributed by atoms with Gasteiger partial charge < -0.3 is 15.6 Å². The van der Waals surface area contributed by atoms with Crippen molar-refractivity contribution < 1.29 is 17.7 Å². The van der Waals surface area contributed by atoms with Gasteiger partial charge in [-0.3, -0.25) is 4.79 Å². The number of hydrogen-bond acceptors (Lipinski definition) is 6. The van der Waals surface area contributed by atoms with Crippen molar-refractivity contribution in [1.82, 2.24) is 14.8 Å². The quantitative estimate of drug-likeness (QED) is 0.766. The second-order valence-corrected chi connectivity index (χ2v) is 7.59. The Labute approximate surface area is 136 Å². The maximum Gasteiger partial charge on any atom is 0.248 e. The van der Waals surface area contributed by atoms with Gasteiger partial charge in [0.15, 0.2) is 5.76 Å². The Balaban J connectivity index is 2.19. The Kier molecular flexibility index (Phi) is 5.77. The number of nitrogens with one attached hydrogen (secondary N) is 1. The van der Waals surface area contributed by atoms with Crippen molar-refractivity contribution >= 4 is 15.9 Å². The van der Waals surface area contributed by atoms with Crippen molar-refractivity contribution in [3.05, 3.63) is 11.5 Å². The molecule has 0 radical (unpaired) electrons. The fourth-order valence-electron chi connectivity index (χ4n) is 2.91. The topological polar surface area (TPSA) is 119 Å². The van der Waals surface area contributed by atoms with Crippen LogP contribution >= 0.6 is 0 Å². The normalized spacial score (nSPS) is 19.7. The van der Waals surface area contributed by atoms with Crippen LogP contribution < -0.4 is 11.1 Å². The number of nitrogens with two attached hydrogens (primary N) is 1. The van der Waals surface area contributed by atoms with Crippen LogP contribution in [0.15, 0.2) is 9.42 Å². The zero-order chi connectivity index (χ0) is 17.0. The summed E-state index contributed by atoms with van der Waals surface area (Å²) < 4.78 is 32.4. The predicted molar refractivity (Wildman–Crippen MR) is 84.2 cm³/mol. The van der Waals surface area contributed by atoms with Gasteiger partial charge in [-0.2, -0.15) is 4.31 Å². The number of hydrogen-bond donors (Lipinski definition) is 2. The molecule has 1 aromatic heterocycles. The number of nitrogens with zero attached hydrogens (tertiary/aromatic N) is 2. The number of aryl methyl sites for hydroxylation is 2. The van der Waals surface area contributed by atoms with E-state index >= 15 is 0 Å². The van der Waals surface area contributed by atoms with Crippen molar-refractivity contribution in [3.63, 3.8) is 0 Å². The molecule has 9 heteroatoms. The standard InChI is InChI=1S/C14H24N4O4S/c1-10-14(11(2)22-17-10)23(20,21)18-8-4-3-5-12(18)9-16-13(19)6-7-15/h12H,3-9,15H2,1-2H3,(H,16,19). The van der Waals surface area contributed by atoms with Crippen LogP contribution in [0.4, 0.5) is 0 Å². The molecule has 3 N–H and O–H groups in total. The Morgan fingerprint density at radius 2 is 2.17 bits per heavy atom. The van der Waals surface area contributed by atoms with Crippen molar-refractivity contribution in [3.8, 4) is 0 Å². The summed E-state index contributed by atoms with van der Waals surface area (Å²) in [5.41, 5.74) is 5.71. The molecule has 1 amide bonds. The van der Waals surface area contributed by atoms with E-state index in [1.807, 2.05) is 0 Å². The fraction of sp³-hybridized carbons (Fsp3) is 0.714. The summed E-state index contributed by atoms with van der Waals surface area (Å²) in [4.78, 5) is 11.7. The SMILES string of the molecule is Cc1noc(C)c1S(=O)(=O)N1CCCCC1CNC(=O)CCN. The zero-order valence-corrected chi connectivity index (χ0v) is 14.4. The number of carbonyl (C=O) groups is 1. The van der Waals surface area contributed by atoms with Gasteiger partial charge in [0.25, 0.3) is 0 Å². The van der Waals surface area contributed by atoms with E-state index in [-0.39, 0.29) is 29.8 Å². The highest BCUT2D eigenvalue weighted by Gasteiger charge is 2.37. The first-order chi connectivity index (χ1) is 10.9. The van der Waals surface area contributed by atoms with Gasteiger partial charge in [-0.05, 0) is 26.7 Å². The molecule has 0 spiro atoms. The monoisotopic (exact) mass is 344 g/mol. The third kappa shape index (κ3) is 3.91. The van der Waals surface area contributed by atoms with Crippen molar-refractivity contribution in [2.75, 3.05) is 19.6 Å². The fourth-order valence-corrected chi connectivity index (χ4v) is 4.89. The first-order valence-electron chi connectivity index (χ1n) is 7.79. The molecule has 1 aromatic rings. The van der Waals surface area contributed by atoms with Crippen molar-refractivity contribution in [2.45, 2.75) is 50.5 Å². The third-order valence-corrected chi connectivity index (χ3v) is 6.21. The number of aromatic nitrogens is 1. The lowest BCUT2D eigenvalue weighted by Gasteiger charge is -2.34. The van der Waals surface area contributed by atoms with E-state index in [9.17, 15) is 13.2 Å². The smallest absolute Gasteiger partial charge is 0.248 e. The van der Waals surface area contributed by atoms with Crippen molar-refractivity contribution in [1.29, 1.82) is 0 Å². The maximum absolute atomic E-state index is 13.0. The molecule has 2 rings (SSSR count). The second-order valence-electron chi connectivity index (χ2n) is 5.76. The largest absolute Gasteiger partial charge is 0.360 e. The van der Waals surface area contributed by atoms with Crippen LogP contribution in [0.3, 0.4) is 0 Å². The van der Waals surface area contributed by atoms with Crippen LogP contribution in [0.2, 0.25) is 0 Å². The highest BCUT2D eigenvalue weighted by Crippen LogP contribution is 2.28. The highest BCUT2D eigenvalue weighted by molar-refractivity contribution is 7.89. The lowest BCUT2D eigenvalue weighted by molar-refractivity contribution is -0.121. The number of piperidine rings is 1. The lowest BCUT2D eigenvalue weighted by Crippen LogP contribution is -2.49. The maximum atomic E-state index is 13.0. The van der Waals surface area contributed by atoms with Gasteiger partial charge in [-0.25, -0.2) is 8.42 Å². The van der Waals surface area contributed by atoms with E-state index in [4.69, 9.17) is 10.3 Å². The molecule has 130 valence electrons. The minimum Gasteiger partial charge on any atom is -0.360 e. The van der Waals surface area contributed by atoms with Gasteiger partial charge in [0.2, 0.25) is 15.9 Å². The summed E-state index contributed by atoms with van der Waals surface area (Å²) in [6.07, 6.45) is 2.69. The van der Waals surface area contributed by atoms with Crippen LogP contribution in [-0.4, -0.2) is 49.5 Å². The summed E-state index contributed by atoms with van der Waals surface area (Å²) in [6.45, 7) is 4.21. The van der Waals surface area contributed by atoms with Crippen LogP contribution in [0.5, 0.6) is 0 Å². The summed E-state index contributed by atoms with van der Waals surface area (Å²) in [5.74, 6) is 0.131. The van der Waals surface area contributed by atoms with E-state index in [0.29, 0.717) is 31.0 Å². The van der Waals surface area contributed by atoms with Gasteiger partial charge in [0.05, 0.1) is 0 Å². The lowest BCUT2D eigenvalue weighted by atomic mass is 10.1. The first kappa shape index (κ1) is 17.9. The second kappa shape index (κ2) is 7.41. The van der Waals surface area contributed by atoms with Gasteiger partial charge in [-0.1, -0.05) is 11.6 Å². The molecule has 1 fully saturated rings.